The minimum atomic E-state index is 0.344. The molecular weight excluding hydrogens is 266 g/mol. The number of hydrogen-bond donors (Lipinski definition) is 0. The van der Waals surface area contributed by atoms with Crippen LogP contribution in [0.3, 0.4) is 0 Å². The summed E-state index contributed by atoms with van der Waals surface area (Å²) in [6.07, 6.45) is 1.93. The maximum Gasteiger partial charge on any atom is 0.133 e. The molecule has 0 heterocycles. The van der Waals surface area contributed by atoms with Gasteiger partial charge in [0, 0.05) is 10.8 Å². The summed E-state index contributed by atoms with van der Waals surface area (Å²) in [4.78, 5) is 0. The number of thiocyanates is 1. The third-order valence-electron chi connectivity index (χ3n) is 2.68. The molecule has 0 spiro atoms. The molecule has 2 nitrogen and oxygen atoms in total. The van der Waals surface area contributed by atoms with Gasteiger partial charge in [0.15, 0.2) is 0 Å². The molecule has 0 amide bonds. The van der Waals surface area contributed by atoms with E-state index in [1.807, 2.05) is 18.2 Å². The van der Waals surface area contributed by atoms with Gasteiger partial charge >= 0.3 is 0 Å². The van der Waals surface area contributed by atoms with Gasteiger partial charge in [0.2, 0.25) is 0 Å². The fourth-order valence-electron chi connectivity index (χ4n) is 1.68. The van der Waals surface area contributed by atoms with Gasteiger partial charge in [-0.05, 0) is 54.3 Å². The normalized spacial score (nSPS) is 11.9. The van der Waals surface area contributed by atoms with Gasteiger partial charge in [0.05, 0.1) is 6.61 Å². The minimum absolute atomic E-state index is 0.344. The Morgan fingerprint density at radius 1 is 1.50 bits per heavy atom. The van der Waals surface area contributed by atoms with Crippen molar-refractivity contribution in [1.29, 1.82) is 5.26 Å². The van der Waals surface area contributed by atoms with Gasteiger partial charge in [-0.15, -0.1) is 0 Å². The van der Waals surface area contributed by atoms with Crippen LogP contribution in [0.2, 0.25) is 5.02 Å². The Morgan fingerprint density at radius 3 is 2.94 bits per heavy atom. The van der Waals surface area contributed by atoms with Crippen molar-refractivity contribution in [1.82, 2.24) is 0 Å². The van der Waals surface area contributed by atoms with Crippen molar-refractivity contribution in [2.24, 2.45) is 0 Å². The van der Waals surface area contributed by atoms with Crippen LogP contribution in [-0.4, -0.2) is 12.4 Å². The Morgan fingerprint density at radius 2 is 2.28 bits per heavy atom. The van der Waals surface area contributed by atoms with Gasteiger partial charge < -0.3 is 4.74 Å². The number of thioether (sulfide) groups is 1. The van der Waals surface area contributed by atoms with Gasteiger partial charge in [-0.25, -0.2) is 0 Å². The van der Waals surface area contributed by atoms with Crippen LogP contribution in [-0.2, 0) is 0 Å². The van der Waals surface area contributed by atoms with Crippen LogP contribution in [0.4, 0.5) is 0 Å². The van der Waals surface area contributed by atoms with Crippen molar-refractivity contribution < 1.29 is 4.74 Å². The maximum absolute atomic E-state index is 8.53. The molecule has 1 atom stereocenters. The predicted molar refractivity (Wildman–Crippen MR) is 78.3 cm³/mol. The van der Waals surface area contributed by atoms with Crippen molar-refractivity contribution in [2.75, 3.05) is 12.4 Å². The molecule has 0 N–H and O–H groups in total. The highest BCUT2D eigenvalue weighted by Crippen LogP contribution is 2.32. The molecule has 1 rings (SSSR count). The molecule has 0 saturated carbocycles. The summed E-state index contributed by atoms with van der Waals surface area (Å²) in [7, 11) is 0. The summed E-state index contributed by atoms with van der Waals surface area (Å²) in [6.45, 7) is 4.94. The first-order chi connectivity index (χ1) is 8.69. The van der Waals surface area contributed by atoms with E-state index in [9.17, 15) is 0 Å². The maximum atomic E-state index is 8.53. The lowest BCUT2D eigenvalue weighted by atomic mass is 9.97. The Kier molecular flexibility index (Phi) is 7.00. The summed E-state index contributed by atoms with van der Waals surface area (Å²) < 4.78 is 5.74. The van der Waals surface area contributed by atoms with E-state index in [1.165, 1.54) is 11.8 Å². The van der Waals surface area contributed by atoms with E-state index in [-0.39, 0.29) is 0 Å². The van der Waals surface area contributed by atoms with Crippen LogP contribution in [0, 0.1) is 10.7 Å². The van der Waals surface area contributed by atoms with Crippen molar-refractivity contribution >= 4 is 23.4 Å². The first-order valence-corrected chi connectivity index (χ1v) is 7.48. The molecule has 0 saturated heterocycles. The average molecular weight is 284 g/mol. The number of hydrogen-bond acceptors (Lipinski definition) is 3. The van der Waals surface area contributed by atoms with Crippen LogP contribution in [0.15, 0.2) is 18.2 Å². The number of nitrogens with zero attached hydrogens (tertiary/aromatic N) is 1. The lowest BCUT2D eigenvalue weighted by Crippen LogP contribution is -2.02. The first kappa shape index (κ1) is 15.2. The summed E-state index contributed by atoms with van der Waals surface area (Å²) >= 11 is 7.33. The number of nitriles is 1. The fraction of sp³-hybridized carbons (Fsp3) is 0.500. The second-order valence-electron chi connectivity index (χ2n) is 4.16. The second-order valence-corrected chi connectivity index (χ2v) is 5.48. The van der Waals surface area contributed by atoms with Crippen LogP contribution < -0.4 is 4.74 Å². The fourth-order valence-corrected chi connectivity index (χ4v) is 2.43. The van der Waals surface area contributed by atoms with E-state index >= 15 is 0 Å². The van der Waals surface area contributed by atoms with Crippen LogP contribution in [0.5, 0.6) is 5.75 Å². The first-order valence-electron chi connectivity index (χ1n) is 6.12. The third-order valence-corrected chi connectivity index (χ3v) is 3.49. The number of ether oxygens (including phenoxy) is 1. The minimum Gasteiger partial charge on any atom is -0.493 e. The van der Waals surface area contributed by atoms with Gasteiger partial charge in [0.25, 0.3) is 0 Å². The summed E-state index contributed by atoms with van der Waals surface area (Å²) in [5.41, 5.74) is 1.13. The van der Waals surface area contributed by atoms with Gasteiger partial charge in [-0.3, -0.25) is 0 Å². The van der Waals surface area contributed by atoms with Crippen LogP contribution in [0.25, 0.3) is 0 Å². The van der Waals surface area contributed by atoms with E-state index < -0.39 is 0 Å². The molecule has 0 fully saturated rings. The largest absolute Gasteiger partial charge is 0.493 e. The van der Waals surface area contributed by atoms with Gasteiger partial charge in [0.1, 0.15) is 11.2 Å². The quantitative estimate of drug-likeness (QED) is 0.530. The van der Waals surface area contributed by atoms with E-state index in [2.05, 4.69) is 19.2 Å². The zero-order valence-electron chi connectivity index (χ0n) is 10.8. The van der Waals surface area contributed by atoms with Crippen molar-refractivity contribution in [3.63, 3.8) is 0 Å². The standard InChI is InChI=1S/C14H18ClNOS/c1-3-7-17-14-5-4-12(15)9-13(14)11(2)6-8-18-10-16/h4-5,9,11H,3,6-8H2,1-2H3. The molecule has 98 valence electrons. The van der Waals surface area contributed by atoms with Crippen LogP contribution in [0.1, 0.15) is 38.2 Å². The molecule has 0 aliphatic heterocycles. The number of halogens is 1. The highest BCUT2D eigenvalue weighted by molar-refractivity contribution is 8.03. The average Bonchev–Trinajstić information content (AvgIpc) is 2.37. The molecule has 0 aromatic heterocycles. The monoisotopic (exact) mass is 283 g/mol. The SMILES string of the molecule is CCCOc1ccc(Cl)cc1C(C)CCSC#N. The topological polar surface area (TPSA) is 33.0 Å². The Labute approximate surface area is 118 Å². The van der Waals surface area contributed by atoms with E-state index in [1.54, 1.807) is 0 Å². The highest BCUT2D eigenvalue weighted by Gasteiger charge is 2.12. The third kappa shape index (κ3) is 4.80. The zero-order chi connectivity index (χ0) is 13.4. The molecule has 4 heteroatoms. The van der Waals surface area contributed by atoms with E-state index in [0.717, 1.165) is 34.9 Å². The molecular formula is C14H18ClNOS. The van der Waals surface area contributed by atoms with Gasteiger partial charge in [-0.1, -0.05) is 25.4 Å². The molecule has 1 unspecified atom stereocenters. The predicted octanol–water partition coefficient (Wildman–Crippen LogP) is 4.84. The molecule has 0 aliphatic rings. The second kappa shape index (κ2) is 8.29. The summed E-state index contributed by atoms with van der Waals surface area (Å²) in [5, 5.41) is 11.4. The highest BCUT2D eigenvalue weighted by atomic mass is 35.5. The Hall–Kier alpha value is -0.850. The van der Waals surface area contributed by atoms with E-state index in [0.29, 0.717) is 12.5 Å². The molecule has 1 aromatic carbocycles. The molecule has 0 bridgehead atoms. The summed E-state index contributed by atoms with van der Waals surface area (Å²) in [6, 6.07) is 5.75. The van der Waals surface area contributed by atoms with E-state index in [4.69, 9.17) is 21.6 Å². The van der Waals surface area contributed by atoms with Crippen molar-refractivity contribution in [2.45, 2.75) is 32.6 Å². The molecule has 0 aliphatic carbocycles. The number of rotatable bonds is 7. The van der Waals surface area contributed by atoms with Gasteiger partial charge in [-0.2, -0.15) is 5.26 Å². The Balaban J connectivity index is 2.77. The summed E-state index contributed by atoms with van der Waals surface area (Å²) in [5.74, 6) is 2.09. The Bertz CT molecular complexity index is 417. The molecule has 1 aromatic rings. The van der Waals surface area contributed by atoms with Crippen molar-refractivity contribution in [3.05, 3.63) is 28.8 Å². The van der Waals surface area contributed by atoms with Crippen molar-refractivity contribution in [3.8, 4) is 11.2 Å². The molecule has 18 heavy (non-hydrogen) atoms. The smallest absolute Gasteiger partial charge is 0.133 e. The zero-order valence-corrected chi connectivity index (χ0v) is 12.4. The number of benzene rings is 1. The lowest BCUT2D eigenvalue weighted by Gasteiger charge is -2.16. The van der Waals surface area contributed by atoms with Crippen LogP contribution >= 0.6 is 23.4 Å². The molecule has 0 radical (unpaired) electrons. The lowest BCUT2D eigenvalue weighted by molar-refractivity contribution is 0.312.